The van der Waals surface area contributed by atoms with Gasteiger partial charge in [-0.25, -0.2) is 18.4 Å². The molecule has 4 heterocycles. The number of sulfone groups is 1. The van der Waals surface area contributed by atoms with Gasteiger partial charge in [-0.1, -0.05) is 13.0 Å². The third-order valence-electron chi connectivity index (χ3n) is 5.72. The fourth-order valence-electron chi connectivity index (χ4n) is 3.93. The Bertz CT molecular complexity index is 1440. The van der Waals surface area contributed by atoms with Gasteiger partial charge in [0.25, 0.3) is 0 Å². The molecule has 3 N–H and O–H groups in total. The number of anilines is 1. The van der Waals surface area contributed by atoms with E-state index in [1.165, 1.54) is 23.2 Å². The normalized spacial score (nSPS) is 15.7. The Labute approximate surface area is 195 Å². The summed E-state index contributed by atoms with van der Waals surface area (Å²) in [5.74, 6) is -0.878. The minimum Gasteiger partial charge on any atom is -0.453 e. The van der Waals surface area contributed by atoms with Crippen molar-refractivity contribution >= 4 is 26.6 Å². The smallest absolute Gasteiger partial charge is 0.246 e. The van der Waals surface area contributed by atoms with Crippen LogP contribution in [0.1, 0.15) is 19.8 Å². The van der Waals surface area contributed by atoms with Crippen molar-refractivity contribution in [2.45, 2.75) is 30.7 Å². The van der Waals surface area contributed by atoms with E-state index in [0.717, 1.165) is 0 Å². The van der Waals surface area contributed by atoms with Crippen LogP contribution in [-0.4, -0.2) is 56.8 Å². The standard InChI is InChI=1S/C23H23N5O5S/c1-2-34(31,32)21-8-7-15(14-25-21)33-20-13-18-17(12-19(20)28-11-5-9-23(28,29)30)26-22(27-18)16-6-3-4-10-24-16/h3-4,6-8,10,12-14,29-30H,2,5,9,11H2,1H3,(H,26,27). The third kappa shape index (κ3) is 4.09. The number of imidazole rings is 1. The lowest BCUT2D eigenvalue weighted by Crippen LogP contribution is -2.43. The lowest BCUT2D eigenvalue weighted by molar-refractivity contribution is -0.149. The molecule has 0 unspecified atom stereocenters. The third-order valence-corrected chi connectivity index (χ3v) is 7.36. The number of hydrogen-bond acceptors (Lipinski definition) is 9. The van der Waals surface area contributed by atoms with Crippen molar-refractivity contribution in [2.24, 2.45) is 0 Å². The van der Waals surface area contributed by atoms with Crippen molar-refractivity contribution in [1.82, 2.24) is 19.9 Å². The fourth-order valence-corrected chi connectivity index (χ4v) is 4.72. The summed E-state index contributed by atoms with van der Waals surface area (Å²) >= 11 is 0. The fraction of sp³-hybridized carbons (Fsp3) is 0.261. The number of aliphatic hydroxyl groups is 2. The molecule has 0 spiro atoms. The average molecular weight is 482 g/mol. The van der Waals surface area contributed by atoms with E-state index in [0.29, 0.717) is 52.7 Å². The average Bonchev–Trinajstić information content (AvgIpc) is 3.41. The van der Waals surface area contributed by atoms with Crippen LogP contribution in [0.3, 0.4) is 0 Å². The molecule has 34 heavy (non-hydrogen) atoms. The molecule has 0 radical (unpaired) electrons. The number of ether oxygens (including phenoxy) is 1. The summed E-state index contributed by atoms with van der Waals surface area (Å²) in [6, 6.07) is 11.9. The van der Waals surface area contributed by atoms with E-state index in [2.05, 4.69) is 19.9 Å². The van der Waals surface area contributed by atoms with Gasteiger partial charge in [-0.2, -0.15) is 0 Å². The molecular formula is C23H23N5O5S. The Morgan fingerprint density at radius 1 is 1.18 bits per heavy atom. The second kappa shape index (κ2) is 8.35. The molecule has 0 atom stereocenters. The lowest BCUT2D eigenvalue weighted by atomic mass is 10.2. The maximum absolute atomic E-state index is 12.1. The Balaban J connectivity index is 1.58. The lowest BCUT2D eigenvalue weighted by Gasteiger charge is -2.31. The molecule has 4 aromatic rings. The van der Waals surface area contributed by atoms with Gasteiger partial charge in [0.05, 0.1) is 28.7 Å². The van der Waals surface area contributed by atoms with Gasteiger partial charge in [-0.15, -0.1) is 0 Å². The molecule has 11 heteroatoms. The van der Waals surface area contributed by atoms with Crippen LogP contribution in [0.2, 0.25) is 0 Å². The summed E-state index contributed by atoms with van der Waals surface area (Å²) < 4.78 is 30.2. The molecule has 3 aromatic heterocycles. The highest BCUT2D eigenvalue weighted by atomic mass is 32.2. The number of hydrogen-bond donors (Lipinski definition) is 3. The zero-order chi connectivity index (χ0) is 23.9. The van der Waals surface area contributed by atoms with Gasteiger partial charge in [-0.3, -0.25) is 4.98 Å². The quantitative estimate of drug-likeness (QED) is 0.354. The highest BCUT2D eigenvalue weighted by molar-refractivity contribution is 7.91. The van der Waals surface area contributed by atoms with Crippen molar-refractivity contribution in [1.29, 1.82) is 0 Å². The van der Waals surface area contributed by atoms with Crippen LogP contribution in [0.25, 0.3) is 22.6 Å². The van der Waals surface area contributed by atoms with Crippen molar-refractivity contribution in [3.8, 4) is 23.0 Å². The van der Waals surface area contributed by atoms with Gasteiger partial charge >= 0.3 is 0 Å². The predicted molar refractivity (Wildman–Crippen MR) is 125 cm³/mol. The summed E-state index contributed by atoms with van der Waals surface area (Å²) in [6.07, 6.45) is 3.79. The molecule has 1 aromatic carbocycles. The second-order valence-electron chi connectivity index (χ2n) is 8.00. The molecule has 1 saturated heterocycles. The molecular weight excluding hydrogens is 458 g/mol. The summed E-state index contributed by atoms with van der Waals surface area (Å²) in [6.45, 7) is 1.97. The van der Waals surface area contributed by atoms with Crippen LogP contribution in [0.5, 0.6) is 11.5 Å². The number of pyridine rings is 2. The summed E-state index contributed by atoms with van der Waals surface area (Å²) in [5.41, 5.74) is 2.39. The molecule has 1 fully saturated rings. The maximum Gasteiger partial charge on any atom is 0.246 e. The van der Waals surface area contributed by atoms with E-state index in [-0.39, 0.29) is 17.2 Å². The van der Waals surface area contributed by atoms with E-state index in [4.69, 9.17) is 4.74 Å². The van der Waals surface area contributed by atoms with Crippen LogP contribution in [0, 0.1) is 0 Å². The molecule has 0 amide bonds. The molecule has 176 valence electrons. The minimum atomic E-state index is -3.44. The molecule has 0 saturated carbocycles. The van der Waals surface area contributed by atoms with Gasteiger partial charge in [0.15, 0.2) is 26.4 Å². The number of aromatic amines is 1. The Kier molecular flexibility index (Phi) is 5.47. The number of nitrogens with zero attached hydrogens (tertiary/aromatic N) is 4. The van der Waals surface area contributed by atoms with Gasteiger partial charge in [0, 0.05) is 25.2 Å². The minimum absolute atomic E-state index is 0.0328. The molecule has 1 aliphatic heterocycles. The first-order valence-electron chi connectivity index (χ1n) is 10.8. The van der Waals surface area contributed by atoms with Crippen molar-refractivity contribution in [3.63, 3.8) is 0 Å². The van der Waals surface area contributed by atoms with Crippen LogP contribution in [-0.2, 0) is 9.84 Å². The number of benzene rings is 1. The topological polar surface area (TPSA) is 142 Å². The van der Waals surface area contributed by atoms with Gasteiger partial charge in [-0.05, 0) is 36.8 Å². The molecule has 10 nitrogen and oxygen atoms in total. The highest BCUT2D eigenvalue weighted by Crippen LogP contribution is 2.41. The maximum atomic E-state index is 12.1. The van der Waals surface area contributed by atoms with Crippen molar-refractivity contribution < 1.29 is 23.4 Å². The SMILES string of the molecule is CCS(=O)(=O)c1ccc(Oc2cc3nc(-c4ccccn4)[nH]c3cc2N2CCCC2(O)O)cn1. The van der Waals surface area contributed by atoms with Crippen LogP contribution in [0.15, 0.2) is 59.9 Å². The van der Waals surface area contributed by atoms with Crippen molar-refractivity contribution in [2.75, 3.05) is 17.2 Å². The number of H-pyrrole nitrogens is 1. The second-order valence-corrected chi connectivity index (χ2v) is 10.2. The summed E-state index contributed by atoms with van der Waals surface area (Å²) in [7, 11) is -3.44. The number of nitrogens with one attached hydrogen (secondary N) is 1. The van der Waals surface area contributed by atoms with E-state index in [1.54, 1.807) is 25.3 Å². The Morgan fingerprint density at radius 3 is 2.68 bits per heavy atom. The Morgan fingerprint density at radius 2 is 2.03 bits per heavy atom. The number of aromatic nitrogens is 4. The molecule has 1 aliphatic rings. The van der Waals surface area contributed by atoms with Crippen molar-refractivity contribution in [3.05, 3.63) is 54.9 Å². The van der Waals surface area contributed by atoms with Gasteiger partial charge in [0.2, 0.25) is 5.91 Å². The zero-order valence-electron chi connectivity index (χ0n) is 18.3. The molecule has 0 bridgehead atoms. The number of rotatable bonds is 6. The van der Waals surface area contributed by atoms with E-state index in [1.807, 2.05) is 18.2 Å². The summed E-state index contributed by atoms with van der Waals surface area (Å²) in [5, 5.41) is 21.0. The largest absolute Gasteiger partial charge is 0.453 e. The van der Waals surface area contributed by atoms with Crippen LogP contribution < -0.4 is 9.64 Å². The monoisotopic (exact) mass is 481 g/mol. The first-order valence-corrected chi connectivity index (χ1v) is 12.5. The first-order chi connectivity index (χ1) is 16.3. The highest BCUT2D eigenvalue weighted by Gasteiger charge is 2.39. The van der Waals surface area contributed by atoms with Gasteiger partial charge < -0.3 is 24.8 Å². The van der Waals surface area contributed by atoms with Gasteiger partial charge in [0.1, 0.15) is 11.4 Å². The Hall–Kier alpha value is -3.54. The molecule has 0 aliphatic carbocycles. The predicted octanol–water partition coefficient (Wildman–Crippen LogP) is 2.84. The summed E-state index contributed by atoms with van der Waals surface area (Å²) in [4.78, 5) is 17.6. The van der Waals surface area contributed by atoms with E-state index >= 15 is 0 Å². The zero-order valence-corrected chi connectivity index (χ0v) is 19.2. The first kappa shape index (κ1) is 22.3. The van der Waals surface area contributed by atoms with Crippen LogP contribution in [0.4, 0.5) is 5.69 Å². The van der Waals surface area contributed by atoms with E-state index in [9.17, 15) is 18.6 Å². The van der Waals surface area contributed by atoms with Crippen LogP contribution >= 0.6 is 0 Å². The number of fused-ring (bicyclic) bond motifs is 1. The van der Waals surface area contributed by atoms with E-state index < -0.39 is 15.7 Å². The molecule has 5 rings (SSSR count).